The van der Waals surface area contributed by atoms with Crippen molar-refractivity contribution in [3.63, 3.8) is 0 Å². The fourth-order valence-electron chi connectivity index (χ4n) is 2.59. The van der Waals surface area contributed by atoms with Gasteiger partial charge >= 0.3 is 0 Å². The first kappa shape index (κ1) is 16.4. The van der Waals surface area contributed by atoms with E-state index in [4.69, 9.17) is 4.74 Å². The predicted molar refractivity (Wildman–Crippen MR) is 80.5 cm³/mol. The van der Waals surface area contributed by atoms with Crippen molar-refractivity contribution in [2.45, 2.75) is 50.4 Å². The molecule has 0 spiro atoms. The van der Waals surface area contributed by atoms with Crippen LogP contribution < -0.4 is 0 Å². The second kappa shape index (κ2) is 6.44. The number of benzene rings is 1. The molecule has 2 rings (SSSR count). The highest BCUT2D eigenvalue weighted by atomic mass is 32.2. The summed E-state index contributed by atoms with van der Waals surface area (Å²) in [5, 5.41) is 9.89. The van der Waals surface area contributed by atoms with Gasteiger partial charge in [-0.1, -0.05) is 19.1 Å². The quantitative estimate of drug-likeness (QED) is 0.922. The maximum atomic E-state index is 12.7. The summed E-state index contributed by atoms with van der Waals surface area (Å²) in [6.07, 6.45) is -0.321. The van der Waals surface area contributed by atoms with E-state index in [1.807, 2.05) is 20.8 Å². The molecule has 0 aromatic heterocycles. The highest BCUT2D eigenvalue weighted by Crippen LogP contribution is 2.24. The van der Waals surface area contributed by atoms with Gasteiger partial charge in [-0.3, -0.25) is 0 Å². The molecule has 1 aromatic rings. The first-order chi connectivity index (χ1) is 9.84. The summed E-state index contributed by atoms with van der Waals surface area (Å²) >= 11 is 0. The van der Waals surface area contributed by atoms with Gasteiger partial charge in [0.05, 0.1) is 23.2 Å². The lowest BCUT2D eigenvalue weighted by molar-refractivity contribution is -0.0440. The normalized spacial score (nSPS) is 25.7. The topological polar surface area (TPSA) is 66.8 Å². The lowest BCUT2D eigenvalue weighted by Crippen LogP contribution is -2.48. The highest BCUT2D eigenvalue weighted by molar-refractivity contribution is 7.89. The van der Waals surface area contributed by atoms with E-state index in [1.165, 1.54) is 4.31 Å². The Labute approximate surface area is 126 Å². The Morgan fingerprint density at radius 1 is 1.33 bits per heavy atom. The summed E-state index contributed by atoms with van der Waals surface area (Å²) in [5.74, 6) is 0. The monoisotopic (exact) mass is 313 g/mol. The van der Waals surface area contributed by atoms with Crippen molar-refractivity contribution in [2.24, 2.45) is 0 Å². The van der Waals surface area contributed by atoms with Gasteiger partial charge in [0.25, 0.3) is 0 Å². The summed E-state index contributed by atoms with van der Waals surface area (Å²) in [5.41, 5.74) is 0.632. The summed E-state index contributed by atoms with van der Waals surface area (Å²) in [6.45, 7) is 6.31. The van der Waals surface area contributed by atoms with Gasteiger partial charge in [-0.2, -0.15) is 4.31 Å². The van der Waals surface area contributed by atoms with Gasteiger partial charge in [-0.15, -0.1) is 0 Å². The molecular weight excluding hydrogens is 290 g/mol. The minimum Gasteiger partial charge on any atom is -0.388 e. The molecule has 1 saturated heterocycles. The third kappa shape index (κ3) is 3.63. The molecule has 1 aliphatic heterocycles. The van der Waals surface area contributed by atoms with Crippen molar-refractivity contribution in [3.8, 4) is 0 Å². The lowest BCUT2D eigenvalue weighted by atomic mass is 10.1. The molecule has 0 radical (unpaired) electrons. The highest BCUT2D eigenvalue weighted by Gasteiger charge is 2.32. The van der Waals surface area contributed by atoms with Crippen molar-refractivity contribution < 1.29 is 18.3 Å². The Morgan fingerprint density at radius 2 is 1.95 bits per heavy atom. The third-order valence-electron chi connectivity index (χ3n) is 3.65. The van der Waals surface area contributed by atoms with E-state index < -0.39 is 16.1 Å². The molecule has 6 heteroatoms. The zero-order chi connectivity index (χ0) is 15.6. The molecule has 0 amide bonds. The van der Waals surface area contributed by atoms with Crippen molar-refractivity contribution in [2.75, 3.05) is 13.1 Å². The first-order valence-electron chi connectivity index (χ1n) is 7.28. The zero-order valence-electron chi connectivity index (χ0n) is 12.7. The summed E-state index contributed by atoms with van der Waals surface area (Å²) in [4.78, 5) is 0.230. The van der Waals surface area contributed by atoms with Crippen LogP contribution >= 0.6 is 0 Å². The maximum absolute atomic E-state index is 12.7. The van der Waals surface area contributed by atoms with E-state index in [1.54, 1.807) is 24.3 Å². The number of ether oxygens (including phenoxy) is 1. The molecule has 5 nitrogen and oxygen atoms in total. The molecule has 21 heavy (non-hydrogen) atoms. The fraction of sp³-hybridized carbons (Fsp3) is 0.600. The molecule has 1 N–H and O–H groups in total. The number of nitrogens with zero attached hydrogens (tertiary/aromatic N) is 1. The Bertz CT molecular complexity index is 577. The van der Waals surface area contributed by atoms with E-state index in [0.29, 0.717) is 25.1 Å². The van der Waals surface area contributed by atoms with Crippen molar-refractivity contribution >= 4 is 10.0 Å². The van der Waals surface area contributed by atoms with Crippen LogP contribution in [-0.2, 0) is 14.8 Å². The molecular formula is C15H23NO4S. The van der Waals surface area contributed by atoms with Crippen LogP contribution in [0.3, 0.4) is 0 Å². The largest absolute Gasteiger partial charge is 0.388 e. The Morgan fingerprint density at radius 3 is 2.52 bits per heavy atom. The van der Waals surface area contributed by atoms with Crippen LogP contribution in [-0.4, -0.2) is 43.1 Å². The standard InChI is InChI=1S/C15H23NO4S/c1-4-15(17)13-6-5-7-14(8-13)21(18,19)16-9-11(2)20-12(3)10-16/h5-8,11-12,15,17H,4,9-10H2,1-3H3/t11-,12+,15?. The van der Waals surface area contributed by atoms with Crippen LogP contribution in [0.2, 0.25) is 0 Å². The van der Waals surface area contributed by atoms with E-state index >= 15 is 0 Å². The maximum Gasteiger partial charge on any atom is 0.243 e. The van der Waals surface area contributed by atoms with Gasteiger partial charge in [-0.25, -0.2) is 8.42 Å². The Kier molecular flexibility index (Phi) is 5.03. The van der Waals surface area contributed by atoms with E-state index in [9.17, 15) is 13.5 Å². The van der Waals surface area contributed by atoms with Crippen LogP contribution in [0.25, 0.3) is 0 Å². The number of aliphatic hydroxyl groups is 1. The number of rotatable bonds is 4. The number of morpholine rings is 1. The second-order valence-electron chi connectivity index (χ2n) is 5.58. The van der Waals surface area contributed by atoms with Crippen molar-refractivity contribution in [1.82, 2.24) is 4.31 Å². The number of hydrogen-bond donors (Lipinski definition) is 1. The molecule has 0 saturated carbocycles. The zero-order valence-corrected chi connectivity index (χ0v) is 13.5. The SMILES string of the molecule is CCC(O)c1cccc(S(=O)(=O)N2C[C@@H](C)O[C@@H](C)C2)c1. The smallest absolute Gasteiger partial charge is 0.243 e. The van der Waals surface area contributed by atoms with Crippen LogP contribution in [0.4, 0.5) is 0 Å². The average molecular weight is 313 g/mol. The molecule has 1 aliphatic rings. The van der Waals surface area contributed by atoms with E-state index in [0.717, 1.165) is 0 Å². The molecule has 1 fully saturated rings. The molecule has 1 heterocycles. The van der Waals surface area contributed by atoms with Gasteiger partial charge < -0.3 is 9.84 Å². The van der Waals surface area contributed by atoms with Crippen molar-refractivity contribution in [3.05, 3.63) is 29.8 Å². The average Bonchev–Trinajstić information content (AvgIpc) is 2.45. The van der Waals surface area contributed by atoms with E-state index in [2.05, 4.69) is 0 Å². The van der Waals surface area contributed by atoms with Gasteiger partial charge in [-0.05, 0) is 38.0 Å². The Hall–Kier alpha value is -0.950. The minimum atomic E-state index is -3.55. The lowest BCUT2D eigenvalue weighted by Gasteiger charge is -2.34. The first-order valence-corrected chi connectivity index (χ1v) is 8.72. The van der Waals surface area contributed by atoms with Crippen LogP contribution in [0.1, 0.15) is 38.9 Å². The van der Waals surface area contributed by atoms with Gasteiger partial charge in [0.15, 0.2) is 0 Å². The minimum absolute atomic E-state index is 0.118. The van der Waals surface area contributed by atoms with Gasteiger partial charge in [0.1, 0.15) is 0 Å². The summed E-state index contributed by atoms with van der Waals surface area (Å²) in [7, 11) is -3.55. The van der Waals surface area contributed by atoms with Gasteiger partial charge in [0, 0.05) is 13.1 Å². The van der Waals surface area contributed by atoms with Gasteiger partial charge in [0.2, 0.25) is 10.0 Å². The number of sulfonamides is 1. The molecule has 0 bridgehead atoms. The molecule has 1 unspecified atom stereocenters. The number of hydrogen-bond acceptors (Lipinski definition) is 4. The summed E-state index contributed by atoms with van der Waals surface area (Å²) in [6, 6.07) is 6.56. The van der Waals surface area contributed by atoms with Crippen LogP contribution in [0.5, 0.6) is 0 Å². The molecule has 1 aromatic carbocycles. The van der Waals surface area contributed by atoms with Crippen LogP contribution in [0, 0.1) is 0 Å². The fourth-order valence-corrected chi connectivity index (χ4v) is 4.24. The van der Waals surface area contributed by atoms with Crippen LogP contribution in [0.15, 0.2) is 29.2 Å². The number of aliphatic hydroxyl groups excluding tert-OH is 1. The second-order valence-corrected chi connectivity index (χ2v) is 7.51. The van der Waals surface area contributed by atoms with E-state index in [-0.39, 0.29) is 17.1 Å². The molecule has 3 atom stereocenters. The predicted octanol–water partition coefficient (Wildman–Crippen LogP) is 1.93. The summed E-state index contributed by atoms with van der Waals surface area (Å²) < 4.78 is 32.5. The Balaban J connectivity index is 2.31. The van der Waals surface area contributed by atoms with Crippen molar-refractivity contribution in [1.29, 1.82) is 0 Å². The molecule has 118 valence electrons. The molecule has 0 aliphatic carbocycles. The third-order valence-corrected chi connectivity index (χ3v) is 5.48.